The molecule has 1 saturated heterocycles. The number of carboxylic acids is 1. The third kappa shape index (κ3) is 3.33. The Hall–Kier alpha value is -1.40. The number of halogens is 1. The van der Waals surface area contributed by atoms with Gasteiger partial charge < -0.3 is 14.7 Å². The molecule has 0 spiro atoms. The summed E-state index contributed by atoms with van der Waals surface area (Å²) in [6.45, 7) is 2.15. The SMILES string of the molecule is Cc1ccc(N2CC(CC(=O)O)OCC2=O)cc1Br. The fourth-order valence-corrected chi connectivity index (χ4v) is 2.31. The Morgan fingerprint density at radius 3 is 2.95 bits per heavy atom. The topological polar surface area (TPSA) is 66.8 Å². The number of ether oxygens (including phenoxy) is 1. The van der Waals surface area contributed by atoms with Gasteiger partial charge in [0.25, 0.3) is 5.91 Å². The molecule has 1 N–H and O–H groups in total. The summed E-state index contributed by atoms with van der Waals surface area (Å²) in [6.07, 6.45) is -0.563. The van der Waals surface area contributed by atoms with E-state index in [-0.39, 0.29) is 25.5 Å². The second-order valence-electron chi connectivity index (χ2n) is 4.47. The summed E-state index contributed by atoms with van der Waals surface area (Å²) in [6, 6.07) is 5.62. The lowest BCUT2D eigenvalue weighted by Gasteiger charge is -2.32. The van der Waals surface area contributed by atoms with Crippen molar-refractivity contribution in [1.29, 1.82) is 0 Å². The van der Waals surface area contributed by atoms with E-state index in [1.54, 1.807) is 4.90 Å². The van der Waals surface area contributed by atoms with Crippen LogP contribution in [0.25, 0.3) is 0 Å². The highest BCUT2D eigenvalue weighted by Crippen LogP contribution is 2.25. The van der Waals surface area contributed by atoms with Gasteiger partial charge in [-0.2, -0.15) is 0 Å². The number of carboxylic acid groups (broad SMARTS) is 1. The van der Waals surface area contributed by atoms with E-state index in [9.17, 15) is 9.59 Å². The lowest BCUT2D eigenvalue weighted by molar-refractivity contribution is -0.143. The molecule has 0 aromatic heterocycles. The maximum absolute atomic E-state index is 11.9. The molecule has 0 bridgehead atoms. The van der Waals surface area contributed by atoms with Gasteiger partial charge in [0, 0.05) is 10.2 Å². The number of hydrogen-bond acceptors (Lipinski definition) is 3. The molecule has 2 rings (SSSR count). The molecule has 1 heterocycles. The molecule has 1 amide bonds. The van der Waals surface area contributed by atoms with Crippen molar-refractivity contribution in [2.75, 3.05) is 18.1 Å². The lowest BCUT2D eigenvalue weighted by atomic mass is 10.1. The Kier molecular flexibility index (Phi) is 4.21. The lowest BCUT2D eigenvalue weighted by Crippen LogP contribution is -2.47. The average Bonchev–Trinajstić information content (AvgIpc) is 2.34. The number of carbonyl (C=O) groups is 2. The molecule has 1 aromatic carbocycles. The molecule has 0 saturated carbocycles. The monoisotopic (exact) mass is 327 g/mol. The molecule has 102 valence electrons. The first-order valence-electron chi connectivity index (χ1n) is 5.87. The van der Waals surface area contributed by atoms with Crippen LogP contribution in [0.3, 0.4) is 0 Å². The number of amides is 1. The highest BCUT2D eigenvalue weighted by molar-refractivity contribution is 9.10. The number of aryl methyl sites for hydroxylation is 1. The molecule has 5 nitrogen and oxygen atoms in total. The first kappa shape index (κ1) is 14.0. The minimum atomic E-state index is -0.926. The Balaban J connectivity index is 2.18. The van der Waals surface area contributed by atoms with Gasteiger partial charge in [0.15, 0.2) is 0 Å². The third-order valence-corrected chi connectivity index (χ3v) is 3.85. The first-order valence-corrected chi connectivity index (χ1v) is 6.66. The van der Waals surface area contributed by atoms with Crippen molar-refractivity contribution in [2.24, 2.45) is 0 Å². The molecule has 1 aliphatic heterocycles. The Labute approximate surface area is 119 Å². The molecule has 6 heteroatoms. The first-order chi connectivity index (χ1) is 8.97. The number of benzene rings is 1. The standard InChI is InChI=1S/C13H14BrNO4/c1-8-2-3-9(4-11(8)14)15-6-10(5-13(17)18)19-7-12(15)16/h2-4,10H,5-7H2,1H3,(H,17,18). The Bertz CT molecular complexity index is 517. The number of hydrogen-bond donors (Lipinski definition) is 1. The zero-order valence-corrected chi connectivity index (χ0v) is 12.0. The predicted molar refractivity (Wildman–Crippen MR) is 73.2 cm³/mol. The van der Waals surface area contributed by atoms with Crippen molar-refractivity contribution < 1.29 is 19.4 Å². The maximum atomic E-state index is 11.9. The van der Waals surface area contributed by atoms with Crippen molar-refractivity contribution in [2.45, 2.75) is 19.4 Å². The van der Waals surface area contributed by atoms with E-state index in [0.717, 1.165) is 15.7 Å². The summed E-state index contributed by atoms with van der Waals surface area (Å²) in [5.74, 6) is -1.08. The van der Waals surface area contributed by atoms with Gasteiger partial charge in [-0.1, -0.05) is 22.0 Å². The number of carbonyl (C=O) groups excluding carboxylic acids is 1. The van der Waals surface area contributed by atoms with Crippen LogP contribution in [0.5, 0.6) is 0 Å². The van der Waals surface area contributed by atoms with Crippen molar-refractivity contribution in [3.05, 3.63) is 28.2 Å². The van der Waals surface area contributed by atoms with Gasteiger partial charge in [-0.05, 0) is 24.6 Å². The number of nitrogens with zero attached hydrogens (tertiary/aromatic N) is 1. The second-order valence-corrected chi connectivity index (χ2v) is 5.32. The van der Waals surface area contributed by atoms with E-state index >= 15 is 0 Å². The highest BCUT2D eigenvalue weighted by atomic mass is 79.9. The van der Waals surface area contributed by atoms with E-state index in [2.05, 4.69) is 15.9 Å². The van der Waals surface area contributed by atoms with Gasteiger partial charge in [0.1, 0.15) is 6.61 Å². The number of anilines is 1. The van der Waals surface area contributed by atoms with Crippen LogP contribution in [-0.4, -0.2) is 36.2 Å². The van der Waals surface area contributed by atoms with Crippen LogP contribution in [0.2, 0.25) is 0 Å². The second kappa shape index (κ2) is 5.71. The van der Waals surface area contributed by atoms with E-state index in [4.69, 9.17) is 9.84 Å². The maximum Gasteiger partial charge on any atom is 0.306 e. The predicted octanol–water partition coefficient (Wildman–Crippen LogP) is 1.96. The van der Waals surface area contributed by atoms with Crippen LogP contribution in [0.1, 0.15) is 12.0 Å². The van der Waals surface area contributed by atoms with Crippen LogP contribution >= 0.6 is 15.9 Å². The summed E-state index contributed by atoms with van der Waals surface area (Å²) in [4.78, 5) is 24.1. The van der Waals surface area contributed by atoms with Gasteiger partial charge >= 0.3 is 5.97 Å². The molecule has 1 aromatic rings. The molecule has 1 fully saturated rings. The molecule has 0 radical (unpaired) electrons. The van der Waals surface area contributed by atoms with Gasteiger partial charge in [0.05, 0.1) is 19.1 Å². The number of aliphatic carboxylic acids is 1. The molecule has 0 aliphatic carbocycles. The molecule has 1 aliphatic rings. The zero-order valence-electron chi connectivity index (χ0n) is 10.4. The van der Waals surface area contributed by atoms with Gasteiger partial charge in [-0.3, -0.25) is 9.59 Å². The van der Waals surface area contributed by atoms with Crippen LogP contribution in [0.15, 0.2) is 22.7 Å². The number of rotatable bonds is 3. The van der Waals surface area contributed by atoms with Crippen molar-refractivity contribution in [1.82, 2.24) is 0 Å². The van der Waals surface area contributed by atoms with Gasteiger partial charge in [-0.25, -0.2) is 0 Å². The summed E-state index contributed by atoms with van der Waals surface area (Å²) in [5, 5.41) is 8.78. The summed E-state index contributed by atoms with van der Waals surface area (Å²) < 4.78 is 6.14. The zero-order chi connectivity index (χ0) is 14.0. The smallest absolute Gasteiger partial charge is 0.306 e. The van der Waals surface area contributed by atoms with Gasteiger partial charge in [-0.15, -0.1) is 0 Å². The quantitative estimate of drug-likeness (QED) is 0.921. The van der Waals surface area contributed by atoms with E-state index in [1.165, 1.54) is 0 Å². The molecule has 19 heavy (non-hydrogen) atoms. The fraction of sp³-hybridized carbons (Fsp3) is 0.385. The van der Waals surface area contributed by atoms with Crippen molar-refractivity contribution >= 4 is 33.5 Å². The van der Waals surface area contributed by atoms with Crippen molar-refractivity contribution in [3.8, 4) is 0 Å². The Morgan fingerprint density at radius 2 is 2.32 bits per heavy atom. The van der Waals surface area contributed by atoms with Crippen molar-refractivity contribution in [3.63, 3.8) is 0 Å². The van der Waals surface area contributed by atoms with Crippen LogP contribution in [0.4, 0.5) is 5.69 Å². The largest absolute Gasteiger partial charge is 0.481 e. The minimum absolute atomic E-state index is 0.0799. The number of morpholine rings is 1. The molecule has 1 unspecified atom stereocenters. The fourth-order valence-electron chi connectivity index (χ4n) is 1.94. The molecular weight excluding hydrogens is 314 g/mol. The third-order valence-electron chi connectivity index (χ3n) is 3.00. The van der Waals surface area contributed by atoms with Gasteiger partial charge in [0.2, 0.25) is 0 Å². The summed E-state index contributed by atoms with van der Waals surface area (Å²) in [7, 11) is 0. The van der Waals surface area contributed by atoms with Crippen LogP contribution in [-0.2, 0) is 14.3 Å². The average molecular weight is 328 g/mol. The Morgan fingerprint density at radius 1 is 1.58 bits per heavy atom. The van der Waals surface area contributed by atoms with E-state index in [1.807, 2.05) is 25.1 Å². The van der Waals surface area contributed by atoms with Crippen LogP contribution in [0, 0.1) is 6.92 Å². The summed E-state index contributed by atoms with van der Waals surface area (Å²) >= 11 is 3.42. The van der Waals surface area contributed by atoms with Crippen LogP contribution < -0.4 is 4.90 Å². The van der Waals surface area contributed by atoms with E-state index < -0.39 is 12.1 Å². The minimum Gasteiger partial charge on any atom is -0.481 e. The highest BCUT2D eigenvalue weighted by Gasteiger charge is 2.28. The molecular formula is C13H14BrNO4. The van der Waals surface area contributed by atoms with E-state index in [0.29, 0.717) is 0 Å². The summed E-state index contributed by atoms with van der Waals surface area (Å²) in [5.41, 5.74) is 1.83. The molecule has 1 atom stereocenters. The normalized spacial score (nSPS) is 19.6.